The van der Waals surface area contributed by atoms with Gasteiger partial charge in [-0.15, -0.1) is 0 Å². The maximum Gasteiger partial charge on any atom is 0.262 e. The minimum atomic E-state index is -4.08. The van der Waals surface area contributed by atoms with E-state index in [1.165, 1.54) is 47.4 Å². The zero-order valence-electron chi connectivity index (χ0n) is 17.2. The fourth-order valence-electron chi connectivity index (χ4n) is 3.31. The molecule has 0 fully saturated rings. The van der Waals surface area contributed by atoms with Gasteiger partial charge in [-0.2, -0.15) is 0 Å². The molecular formula is C23H21FN2O5S. The molecule has 0 aromatic heterocycles. The van der Waals surface area contributed by atoms with Crippen molar-refractivity contribution >= 4 is 21.6 Å². The van der Waals surface area contributed by atoms with Crippen molar-refractivity contribution in [3.63, 3.8) is 0 Å². The van der Waals surface area contributed by atoms with Crippen LogP contribution in [-0.4, -0.2) is 45.5 Å². The van der Waals surface area contributed by atoms with Crippen molar-refractivity contribution in [3.05, 3.63) is 84.2 Å². The Balaban J connectivity index is 1.46. The number of nitrogens with zero attached hydrogens (tertiary/aromatic N) is 1. The molecule has 0 spiro atoms. The minimum absolute atomic E-state index is 0.147. The first-order valence-corrected chi connectivity index (χ1v) is 11.3. The lowest BCUT2D eigenvalue weighted by molar-refractivity contribution is 0.0521. The zero-order valence-corrected chi connectivity index (χ0v) is 18.0. The summed E-state index contributed by atoms with van der Waals surface area (Å²) in [6.07, 6.45) is -0.367. The van der Waals surface area contributed by atoms with Gasteiger partial charge in [-0.3, -0.25) is 9.52 Å². The van der Waals surface area contributed by atoms with Gasteiger partial charge in [0, 0.05) is 12.6 Å². The van der Waals surface area contributed by atoms with Crippen LogP contribution in [0.1, 0.15) is 10.4 Å². The summed E-state index contributed by atoms with van der Waals surface area (Å²) in [5.41, 5.74) is 0.0112. The van der Waals surface area contributed by atoms with E-state index in [4.69, 9.17) is 9.47 Å². The summed E-state index contributed by atoms with van der Waals surface area (Å²) in [6, 6.07) is 18.3. The van der Waals surface area contributed by atoms with E-state index in [-0.39, 0.29) is 41.3 Å². The lowest BCUT2D eigenvalue weighted by Gasteiger charge is -2.29. The Kier molecular flexibility index (Phi) is 6.00. The average molecular weight is 456 g/mol. The number of sulfonamides is 1. The van der Waals surface area contributed by atoms with E-state index in [0.29, 0.717) is 11.5 Å². The largest absolute Gasteiger partial charge is 0.486 e. The topological polar surface area (TPSA) is 84.9 Å². The molecule has 7 nitrogen and oxygen atoms in total. The summed E-state index contributed by atoms with van der Waals surface area (Å²) >= 11 is 0. The van der Waals surface area contributed by atoms with Gasteiger partial charge in [0.15, 0.2) is 17.6 Å². The lowest BCUT2D eigenvalue weighted by Crippen LogP contribution is -2.41. The molecule has 1 aliphatic heterocycles. The van der Waals surface area contributed by atoms with Crippen molar-refractivity contribution in [1.82, 2.24) is 4.90 Å². The molecule has 4 rings (SSSR count). The predicted octanol–water partition coefficient (Wildman–Crippen LogP) is 3.54. The van der Waals surface area contributed by atoms with Crippen LogP contribution in [0, 0.1) is 5.82 Å². The van der Waals surface area contributed by atoms with Gasteiger partial charge in [0.25, 0.3) is 15.9 Å². The van der Waals surface area contributed by atoms with Crippen molar-refractivity contribution in [2.45, 2.75) is 11.0 Å². The van der Waals surface area contributed by atoms with Crippen molar-refractivity contribution < 1.29 is 27.1 Å². The summed E-state index contributed by atoms with van der Waals surface area (Å²) in [7, 11) is -2.48. The Morgan fingerprint density at radius 1 is 1.06 bits per heavy atom. The molecule has 0 radical (unpaired) electrons. The molecule has 0 saturated heterocycles. The van der Waals surface area contributed by atoms with Gasteiger partial charge in [-0.25, -0.2) is 12.8 Å². The maximum atomic E-state index is 13.9. The number of ether oxygens (including phenoxy) is 2. The van der Waals surface area contributed by atoms with Crippen molar-refractivity contribution in [2.24, 2.45) is 0 Å². The smallest absolute Gasteiger partial charge is 0.262 e. The molecule has 32 heavy (non-hydrogen) atoms. The van der Waals surface area contributed by atoms with E-state index in [2.05, 4.69) is 4.72 Å². The molecule has 1 aliphatic rings. The fourth-order valence-corrected chi connectivity index (χ4v) is 4.42. The predicted molar refractivity (Wildman–Crippen MR) is 117 cm³/mol. The second-order valence-electron chi connectivity index (χ2n) is 7.30. The van der Waals surface area contributed by atoms with Crippen molar-refractivity contribution in [1.29, 1.82) is 0 Å². The SMILES string of the molecule is CN(C[C@@H]1COc2ccccc2O1)C(=O)c1cccc(S(=O)(=O)Nc2ccccc2F)c1. The number of amides is 1. The number of hydrogen-bond donors (Lipinski definition) is 1. The first-order chi connectivity index (χ1) is 15.3. The monoisotopic (exact) mass is 456 g/mol. The standard InChI is InChI=1S/C23H21FN2O5S/c1-26(14-17-15-30-21-11-4-5-12-22(21)31-17)23(27)16-7-6-8-18(13-16)32(28,29)25-20-10-3-2-9-19(20)24/h2-13,17,25H,14-15H2,1H3/t17-/m1/s1. The van der Waals surface area contributed by atoms with Crippen LogP contribution in [0.2, 0.25) is 0 Å². The number of rotatable bonds is 6. The van der Waals surface area contributed by atoms with Gasteiger partial charge in [0.2, 0.25) is 0 Å². The summed E-state index contributed by atoms with van der Waals surface area (Å²) in [5.74, 6) is 0.185. The first-order valence-electron chi connectivity index (χ1n) is 9.85. The highest BCUT2D eigenvalue weighted by Gasteiger charge is 2.25. The number of nitrogens with one attached hydrogen (secondary N) is 1. The molecule has 1 heterocycles. The highest BCUT2D eigenvalue weighted by Crippen LogP contribution is 2.31. The highest BCUT2D eigenvalue weighted by molar-refractivity contribution is 7.92. The Morgan fingerprint density at radius 3 is 2.56 bits per heavy atom. The van der Waals surface area contributed by atoms with Crippen LogP contribution in [0.25, 0.3) is 0 Å². The number of carbonyl (C=O) groups is 1. The Morgan fingerprint density at radius 2 is 1.78 bits per heavy atom. The van der Waals surface area contributed by atoms with E-state index < -0.39 is 15.8 Å². The fraction of sp³-hybridized carbons (Fsp3) is 0.174. The van der Waals surface area contributed by atoms with Gasteiger partial charge >= 0.3 is 0 Å². The quantitative estimate of drug-likeness (QED) is 0.613. The minimum Gasteiger partial charge on any atom is -0.486 e. The molecule has 3 aromatic carbocycles. The molecule has 0 bridgehead atoms. The Labute approximate surface area is 185 Å². The van der Waals surface area contributed by atoms with Gasteiger partial charge in [-0.1, -0.05) is 30.3 Å². The molecule has 3 aromatic rings. The van der Waals surface area contributed by atoms with Crippen molar-refractivity contribution in [3.8, 4) is 11.5 Å². The number of benzene rings is 3. The number of hydrogen-bond acceptors (Lipinski definition) is 5. The number of halogens is 1. The summed E-state index contributed by atoms with van der Waals surface area (Å²) in [4.78, 5) is 14.2. The molecule has 0 aliphatic carbocycles. The van der Waals surface area contributed by atoms with Crippen LogP contribution in [-0.2, 0) is 10.0 Å². The summed E-state index contributed by atoms with van der Waals surface area (Å²) in [5, 5.41) is 0. The van der Waals surface area contributed by atoms with Gasteiger partial charge in [0.05, 0.1) is 17.1 Å². The molecule has 0 saturated carbocycles. The van der Waals surface area contributed by atoms with Gasteiger partial charge in [-0.05, 0) is 42.5 Å². The molecule has 1 N–H and O–H groups in total. The third kappa shape index (κ3) is 4.67. The van der Waals surface area contributed by atoms with Crippen LogP contribution in [0.15, 0.2) is 77.7 Å². The van der Waals surface area contributed by atoms with Crippen LogP contribution in [0.5, 0.6) is 11.5 Å². The number of carbonyl (C=O) groups excluding carboxylic acids is 1. The number of likely N-dealkylation sites (N-methyl/N-ethyl adjacent to an activating group) is 1. The molecular weight excluding hydrogens is 435 g/mol. The van der Waals surface area contributed by atoms with Gasteiger partial charge in [0.1, 0.15) is 12.4 Å². The van der Waals surface area contributed by atoms with Gasteiger partial charge < -0.3 is 14.4 Å². The second kappa shape index (κ2) is 8.88. The lowest BCUT2D eigenvalue weighted by atomic mass is 10.2. The summed E-state index contributed by atoms with van der Waals surface area (Å²) < 4.78 is 53.0. The van der Waals surface area contributed by atoms with Crippen molar-refractivity contribution in [2.75, 3.05) is 24.9 Å². The molecule has 1 atom stereocenters. The number of anilines is 1. The summed E-state index contributed by atoms with van der Waals surface area (Å²) in [6.45, 7) is 0.535. The highest BCUT2D eigenvalue weighted by atomic mass is 32.2. The third-order valence-corrected chi connectivity index (χ3v) is 6.26. The normalized spacial score (nSPS) is 15.1. The molecule has 166 valence electrons. The average Bonchev–Trinajstić information content (AvgIpc) is 2.80. The van der Waals surface area contributed by atoms with E-state index in [1.54, 1.807) is 13.1 Å². The first kappa shape index (κ1) is 21.6. The Bertz CT molecular complexity index is 1250. The molecule has 1 amide bonds. The van der Waals surface area contributed by atoms with E-state index in [9.17, 15) is 17.6 Å². The zero-order chi connectivity index (χ0) is 22.7. The van der Waals surface area contributed by atoms with E-state index in [0.717, 1.165) is 6.07 Å². The van der Waals surface area contributed by atoms with Crippen LogP contribution in [0.3, 0.4) is 0 Å². The maximum absolute atomic E-state index is 13.9. The number of para-hydroxylation sites is 3. The Hall–Kier alpha value is -3.59. The van der Waals surface area contributed by atoms with Crippen LogP contribution < -0.4 is 14.2 Å². The molecule has 0 unspecified atom stereocenters. The second-order valence-corrected chi connectivity index (χ2v) is 8.98. The van der Waals surface area contributed by atoms with E-state index in [1.807, 2.05) is 18.2 Å². The third-order valence-electron chi connectivity index (χ3n) is 4.90. The van der Waals surface area contributed by atoms with Crippen LogP contribution >= 0.6 is 0 Å². The molecule has 9 heteroatoms. The van der Waals surface area contributed by atoms with Crippen LogP contribution in [0.4, 0.5) is 10.1 Å². The van der Waals surface area contributed by atoms with E-state index >= 15 is 0 Å². The number of fused-ring (bicyclic) bond motifs is 1.